The van der Waals surface area contributed by atoms with Gasteiger partial charge in [-0.1, -0.05) is 65.8 Å². The molecule has 1 amide bonds. The van der Waals surface area contributed by atoms with Gasteiger partial charge < -0.3 is 14.2 Å². The van der Waals surface area contributed by atoms with Gasteiger partial charge in [0, 0.05) is 5.56 Å². The Balaban J connectivity index is 1.24. The number of hydrogen-bond acceptors (Lipinski definition) is 5. The standard InChI is InChI=1S/C25H20FN3O3/c26-21-12-6-4-10-18(21)14-23(30)29-15-19(16-29)31-22-13-7-5-11-20(22)25-27-24(28-32-25)17-8-2-1-3-9-17/h1-13,19H,14-16H2. The van der Waals surface area contributed by atoms with Crippen molar-refractivity contribution in [2.45, 2.75) is 12.5 Å². The Labute approximate surface area is 184 Å². The van der Waals surface area contributed by atoms with E-state index in [1.54, 1.807) is 23.1 Å². The minimum absolute atomic E-state index is 0.0419. The molecule has 160 valence electrons. The monoisotopic (exact) mass is 429 g/mol. The second-order valence-electron chi connectivity index (χ2n) is 7.59. The van der Waals surface area contributed by atoms with E-state index in [0.29, 0.717) is 41.7 Å². The summed E-state index contributed by atoms with van der Waals surface area (Å²) in [4.78, 5) is 18.6. The maximum absolute atomic E-state index is 13.8. The lowest BCUT2D eigenvalue weighted by Gasteiger charge is -2.39. The zero-order valence-electron chi connectivity index (χ0n) is 17.1. The highest BCUT2D eigenvalue weighted by Crippen LogP contribution is 2.32. The number of likely N-dealkylation sites (tertiary alicyclic amines) is 1. The largest absolute Gasteiger partial charge is 0.486 e. The van der Waals surface area contributed by atoms with Crippen LogP contribution in [0.4, 0.5) is 4.39 Å². The number of halogens is 1. The Morgan fingerprint density at radius 1 is 1.00 bits per heavy atom. The number of ether oxygens (including phenoxy) is 1. The molecular weight excluding hydrogens is 409 g/mol. The molecule has 5 rings (SSSR count). The quantitative estimate of drug-likeness (QED) is 0.455. The molecule has 0 spiro atoms. The van der Waals surface area contributed by atoms with Gasteiger partial charge in [-0.15, -0.1) is 0 Å². The first-order chi connectivity index (χ1) is 15.7. The Bertz CT molecular complexity index is 1240. The molecule has 2 heterocycles. The van der Waals surface area contributed by atoms with Crippen LogP contribution in [0.25, 0.3) is 22.8 Å². The van der Waals surface area contributed by atoms with Crippen molar-refractivity contribution in [2.75, 3.05) is 13.1 Å². The molecule has 0 N–H and O–H groups in total. The van der Waals surface area contributed by atoms with E-state index < -0.39 is 0 Å². The topological polar surface area (TPSA) is 68.5 Å². The fraction of sp³-hybridized carbons (Fsp3) is 0.160. The average Bonchev–Trinajstić information content (AvgIpc) is 3.28. The minimum Gasteiger partial charge on any atom is -0.486 e. The number of rotatable bonds is 6. The summed E-state index contributed by atoms with van der Waals surface area (Å²) in [5.41, 5.74) is 1.96. The van der Waals surface area contributed by atoms with E-state index >= 15 is 0 Å². The Morgan fingerprint density at radius 3 is 2.53 bits per heavy atom. The molecule has 7 heteroatoms. The summed E-state index contributed by atoms with van der Waals surface area (Å²) >= 11 is 0. The average molecular weight is 429 g/mol. The molecule has 0 aliphatic carbocycles. The highest BCUT2D eigenvalue weighted by molar-refractivity contribution is 5.79. The molecule has 1 saturated heterocycles. The summed E-state index contributed by atoms with van der Waals surface area (Å²) in [5.74, 6) is 1.00. The normalized spacial score (nSPS) is 13.6. The molecule has 0 unspecified atom stereocenters. The molecule has 32 heavy (non-hydrogen) atoms. The van der Waals surface area contributed by atoms with Gasteiger partial charge in [0.2, 0.25) is 11.7 Å². The number of aromatic nitrogens is 2. The van der Waals surface area contributed by atoms with Crippen LogP contribution >= 0.6 is 0 Å². The molecule has 4 aromatic rings. The smallest absolute Gasteiger partial charge is 0.262 e. The number of carbonyl (C=O) groups is 1. The summed E-state index contributed by atoms with van der Waals surface area (Å²) in [5, 5.41) is 4.07. The van der Waals surface area contributed by atoms with Crippen LogP contribution in [-0.4, -0.2) is 40.1 Å². The predicted molar refractivity (Wildman–Crippen MR) is 116 cm³/mol. The van der Waals surface area contributed by atoms with E-state index in [1.165, 1.54) is 6.07 Å². The summed E-state index contributed by atoms with van der Waals surface area (Å²) in [6.07, 6.45) is -0.113. The number of hydrogen-bond donors (Lipinski definition) is 0. The Hall–Kier alpha value is -4.00. The molecular formula is C25H20FN3O3. The van der Waals surface area contributed by atoms with Crippen molar-refractivity contribution in [1.29, 1.82) is 0 Å². The summed E-state index contributed by atoms with van der Waals surface area (Å²) in [6.45, 7) is 0.890. The van der Waals surface area contributed by atoms with E-state index in [9.17, 15) is 9.18 Å². The van der Waals surface area contributed by atoms with Crippen molar-refractivity contribution >= 4 is 5.91 Å². The molecule has 1 aliphatic rings. The first kappa shape index (κ1) is 19.9. The number of benzene rings is 3. The first-order valence-corrected chi connectivity index (χ1v) is 10.3. The lowest BCUT2D eigenvalue weighted by molar-refractivity contribution is -0.139. The predicted octanol–water partition coefficient (Wildman–Crippen LogP) is 4.38. The Morgan fingerprint density at radius 2 is 1.72 bits per heavy atom. The molecule has 1 fully saturated rings. The van der Waals surface area contributed by atoms with Crippen molar-refractivity contribution in [2.24, 2.45) is 0 Å². The number of carbonyl (C=O) groups excluding carboxylic acids is 1. The third-order valence-corrected chi connectivity index (χ3v) is 5.37. The molecule has 0 bridgehead atoms. The molecule has 1 aliphatic heterocycles. The lowest BCUT2D eigenvalue weighted by Crippen LogP contribution is -2.56. The van der Waals surface area contributed by atoms with Gasteiger partial charge in [0.05, 0.1) is 25.1 Å². The SMILES string of the molecule is O=C(Cc1ccccc1F)N1CC(Oc2ccccc2-c2nc(-c3ccccc3)no2)C1. The van der Waals surface area contributed by atoms with Gasteiger partial charge in [-0.25, -0.2) is 4.39 Å². The van der Waals surface area contributed by atoms with Gasteiger partial charge in [0.25, 0.3) is 5.89 Å². The van der Waals surface area contributed by atoms with Gasteiger partial charge in [-0.2, -0.15) is 4.98 Å². The Kier molecular flexibility index (Phi) is 5.37. The third kappa shape index (κ3) is 4.09. The van der Waals surface area contributed by atoms with Crippen molar-refractivity contribution in [3.63, 3.8) is 0 Å². The van der Waals surface area contributed by atoms with Crippen LogP contribution in [0.1, 0.15) is 5.56 Å². The highest BCUT2D eigenvalue weighted by Gasteiger charge is 2.33. The van der Waals surface area contributed by atoms with Crippen LogP contribution in [-0.2, 0) is 11.2 Å². The maximum Gasteiger partial charge on any atom is 0.262 e. The van der Waals surface area contributed by atoms with Crippen LogP contribution in [0.15, 0.2) is 83.4 Å². The van der Waals surface area contributed by atoms with E-state index in [2.05, 4.69) is 10.1 Å². The fourth-order valence-corrected chi connectivity index (χ4v) is 3.60. The van der Waals surface area contributed by atoms with Gasteiger partial charge in [-0.05, 0) is 23.8 Å². The molecule has 3 aromatic carbocycles. The van der Waals surface area contributed by atoms with E-state index in [4.69, 9.17) is 9.26 Å². The number of amides is 1. The molecule has 6 nitrogen and oxygen atoms in total. The van der Waals surface area contributed by atoms with Crippen molar-refractivity contribution in [3.8, 4) is 28.6 Å². The summed E-state index contributed by atoms with van der Waals surface area (Å²) in [7, 11) is 0. The van der Waals surface area contributed by atoms with E-state index in [0.717, 1.165) is 5.56 Å². The number of para-hydroxylation sites is 1. The fourth-order valence-electron chi connectivity index (χ4n) is 3.60. The molecule has 0 atom stereocenters. The lowest BCUT2D eigenvalue weighted by atomic mass is 10.1. The summed E-state index contributed by atoms with van der Waals surface area (Å²) < 4.78 is 25.4. The zero-order valence-corrected chi connectivity index (χ0v) is 17.1. The van der Waals surface area contributed by atoms with Crippen molar-refractivity contribution in [3.05, 3.63) is 90.2 Å². The van der Waals surface area contributed by atoms with Crippen LogP contribution < -0.4 is 4.74 Å². The maximum atomic E-state index is 13.8. The van der Waals surface area contributed by atoms with Crippen LogP contribution in [0, 0.1) is 5.82 Å². The van der Waals surface area contributed by atoms with Gasteiger partial charge in [-0.3, -0.25) is 4.79 Å². The molecule has 0 radical (unpaired) electrons. The van der Waals surface area contributed by atoms with E-state index in [-0.39, 0.29) is 24.2 Å². The van der Waals surface area contributed by atoms with Gasteiger partial charge >= 0.3 is 0 Å². The first-order valence-electron chi connectivity index (χ1n) is 10.3. The van der Waals surface area contributed by atoms with Crippen LogP contribution in [0.5, 0.6) is 5.75 Å². The second kappa shape index (κ2) is 8.63. The van der Waals surface area contributed by atoms with Crippen molar-refractivity contribution in [1.82, 2.24) is 15.0 Å². The van der Waals surface area contributed by atoms with Gasteiger partial charge in [0.1, 0.15) is 17.7 Å². The zero-order chi connectivity index (χ0) is 21.9. The summed E-state index contributed by atoms with van der Waals surface area (Å²) in [6, 6.07) is 23.4. The molecule has 1 aromatic heterocycles. The van der Waals surface area contributed by atoms with Crippen molar-refractivity contribution < 1.29 is 18.4 Å². The number of nitrogens with zero attached hydrogens (tertiary/aromatic N) is 3. The second-order valence-corrected chi connectivity index (χ2v) is 7.59. The molecule has 0 saturated carbocycles. The third-order valence-electron chi connectivity index (χ3n) is 5.37. The van der Waals surface area contributed by atoms with Crippen LogP contribution in [0.3, 0.4) is 0 Å². The van der Waals surface area contributed by atoms with Gasteiger partial charge in [0.15, 0.2) is 0 Å². The van der Waals surface area contributed by atoms with E-state index in [1.807, 2.05) is 54.6 Å². The minimum atomic E-state index is -0.363. The van der Waals surface area contributed by atoms with Crippen LogP contribution in [0.2, 0.25) is 0 Å². The highest BCUT2D eigenvalue weighted by atomic mass is 19.1.